The van der Waals surface area contributed by atoms with Crippen LogP contribution in [0.4, 0.5) is 0 Å². The van der Waals surface area contributed by atoms with Gasteiger partial charge < -0.3 is 4.74 Å². The molecule has 0 amide bonds. The maximum atomic E-state index is 5.31. The number of hydrogen-bond acceptors (Lipinski definition) is 2. The molecule has 0 saturated carbocycles. The van der Waals surface area contributed by atoms with Gasteiger partial charge in [0.15, 0.2) is 0 Å². The molecule has 1 aromatic rings. The molecule has 0 unspecified atom stereocenters. The van der Waals surface area contributed by atoms with E-state index in [0.29, 0.717) is 5.92 Å². The summed E-state index contributed by atoms with van der Waals surface area (Å²) in [5.74, 6) is 1.44. The predicted octanol–water partition coefficient (Wildman–Crippen LogP) is 3.42. The lowest BCUT2D eigenvalue weighted by Gasteiger charge is -2.13. The van der Waals surface area contributed by atoms with E-state index < -0.39 is 0 Å². The quantitative estimate of drug-likeness (QED) is 0.713. The standard InChI is InChI=1S/C11H16OS/c1-7(2)9-6-11(13)8(3)5-10(9)12-4/h5-7,13H,1-4H3. The van der Waals surface area contributed by atoms with Gasteiger partial charge in [-0.05, 0) is 36.1 Å². The first-order valence-corrected chi connectivity index (χ1v) is 4.88. The van der Waals surface area contributed by atoms with Gasteiger partial charge in [0.05, 0.1) is 7.11 Å². The largest absolute Gasteiger partial charge is 0.496 e. The molecule has 0 aliphatic rings. The van der Waals surface area contributed by atoms with Crippen LogP contribution < -0.4 is 4.74 Å². The predicted molar refractivity (Wildman–Crippen MR) is 59.1 cm³/mol. The van der Waals surface area contributed by atoms with E-state index in [2.05, 4.69) is 32.5 Å². The summed E-state index contributed by atoms with van der Waals surface area (Å²) in [5.41, 5.74) is 2.38. The van der Waals surface area contributed by atoms with Gasteiger partial charge in [0.25, 0.3) is 0 Å². The average molecular weight is 196 g/mol. The first-order valence-electron chi connectivity index (χ1n) is 4.43. The van der Waals surface area contributed by atoms with Gasteiger partial charge in [-0.25, -0.2) is 0 Å². The van der Waals surface area contributed by atoms with Crippen molar-refractivity contribution in [2.45, 2.75) is 31.6 Å². The third-order valence-corrected chi connectivity index (χ3v) is 2.65. The highest BCUT2D eigenvalue weighted by atomic mass is 32.1. The van der Waals surface area contributed by atoms with Gasteiger partial charge in [0, 0.05) is 4.90 Å². The maximum absolute atomic E-state index is 5.31. The smallest absolute Gasteiger partial charge is 0.122 e. The van der Waals surface area contributed by atoms with Crippen LogP contribution >= 0.6 is 12.6 Å². The van der Waals surface area contributed by atoms with E-state index in [1.807, 2.05) is 13.0 Å². The van der Waals surface area contributed by atoms with Crippen molar-refractivity contribution in [3.8, 4) is 5.75 Å². The molecule has 0 fully saturated rings. The number of rotatable bonds is 2. The van der Waals surface area contributed by atoms with Gasteiger partial charge in [-0.3, -0.25) is 0 Å². The molecule has 0 radical (unpaired) electrons. The van der Waals surface area contributed by atoms with Crippen LogP contribution in [-0.4, -0.2) is 7.11 Å². The minimum atomic E-state index is 0.474. The monoisotopic (exact) mass is 196 g/mol. The fourth-order valence-electron chi connectivity index (χ4n) is 1.31. The maximum Gasteiger partial charge on any atom is 0.122 e. The van der Waals surface area contributed by atoms with Gasteiger partial charge in [0.2, 0.25) is 0 Å². The second-order valence-corrected chi connectivity index (χ2v) is 4.02. The van der Waals surface area contributed by atoms with E-state index in [1.54, 1.807) is 7.11 Å². The van der Waals surface area contributed by atoms with E-state index in [1.165, 1.54) is 5.56 Å². The van der Waals surface area contributed by atoms with Crippen LogP contribution in [0.5, 0.6) is 5.75 Å². The Morgan fingerprint density at radius 3 is 2.38 bits per heavy atom. The number of ether oxygens (including phenoxy) is 1. The van der Waals surface area contributed by atoms with Crippen LogP contribution in [0.1, 0.15) is 30.9 Å². The van der Waals surface area contributed by atoms with Crippen LogP contribution in [0.15, 0.2) is 17.0 Å². The van der Waals surface area contributed by atoms with Crippen LogP contribution in [0.25, 0.3) is 0 Å². The molecule has 72 valence electrons. The number of thiol groups is 1. The minimum Gasteiger partial charge on any atom is -0.496 e. The van der Waals surface area contributed by atoms with E-state index in [0.717, 1.165) is 16.2 Å². The molecule has 2 heteroatoms. The molecular weight excluding hydrogens is 180 g/mol. The summed E-state index contributed by atoms with van der Waals surface area (Å²) in [6.45, 7) is 6.34. The Kier molecular flexibility index (Phi) is 3.26. The van der Waals surface area contributed by atoms with Gasteiger partial charge >= 0.3 is 0 Å². The molecule has 0 atom stereocenters. The van der Waals surface area contributed by atoms with Crippen LogP contribution in [0.3, 0.4) is 0 Å². The van der Waals surface area contributed by atoms with Crippen LogP contribution in [0, 0.1) is 6.92 Å². The highest BCUT2D eigenvalue weighted by Gasteiger charge is 2.08. The Morgan fingerprint density at radius 1 is 1.31 bits per heavy atom. The minimum absolute atomic E-state index is 0.474. The topological polar surface area (TPSA) is 9.23 Å². The molecular formula is C11H16OS. The van der Waals surface area contributed by atoms with Crippen LogP contribution in [-0.2, 0) is 0 Å². The fourth-order valence-corrected chi connectivity index (χ4v) is 1.52. The zero-order valence-corrected chi connectivity index (χ0v) is 9.48. The molecule has 0 bridgehead atoms. The number of methoxy groups -OCH3 is 1. The molecule has 0 aromatic heterocycles. The Balaban J connectivity index is 3.25. The molecule has 0 heterocycles. The van der Waals surface area contributed by atoms with Crippen molar-refractivity contribution >= 4 is 12.6 Å². The zero-order chi connectivity index (χ0) is 10.0. The van der Waals surface area contributed by atoms with Crippen molar-refractivity contribution < 1.29 is 4.74 Å². The summed E-state index contributed by atoms with van der Waals surface area (Å²) in [7, 11) is 1.71. The second kappa shape index (κ2) is 4.05. The number of benzene rings is 1. The molecule has 0 N–H and O–H groups in total. The fraction of sp³-hybridized carbons (Fsp3) is 0.455. The molecule has 0 aliphatic heterocycles. The van der Waals surface area contributed by atoms with Gasteiger partial charge in [-0.1, -0.05) is 13.8 Å². The summed E-state index contributed by atoms with van der Waals surface area (Å²) in [4.78, 5) is 1.03. The number of hydrogen-bond donors (Lipinski definition) is 1. The van der Waals surface area contributed by atoms with Crippen molar-refractivity contribution in [3.05, 3.63) is 23.3 Å². The average Bonchev–Trinajstić information content (AvgIpc) is 2.08. The molecule has 13 heavy (non-hydrogen) atoms. The molecule has 1 aromatic carbocycles. The van der Waals surface area contributed by atoms with Crippen molar-refractivity contribution in [2.75, 3.05) is 7.11 Å². The van der Waals surface area contributed by atoms with E-state index in [9.17, 15) is 0 Å². The first-order chi connectivity index (χ1) is 6.06. The molecule has 1 nitrogen and oxygen atoms in total. The number of aryl methyl sites for hydroxylation is 1. The highest BCUT2D eigenvalue weighted by Crippen LogP contribution is 2.30. The summed E-state index contributed by atoms with van der Waals surface area (Å²) in [5, 5.41) is 0. The Hall–Kier alpha value is -0.630. The van der Waals surface area contributed by atoms with E-state index in [4.69, 9.17) is 4.74 Å². The molecule has 0 saturated heterocycles. The molecule has 1 rings (SSSR count). The normalized spacial score (nSPS) is 10.6. The molecule has 0 aliphatic carbocycles. The Labute approximate surface area is 85.5 Å². The van der Waals surface area contributed by atoms with Crippen molar-refractivity contribution in [3.63, 3.8) is 0 Å². The van der Waals surface area contributed by atoms with Crippen molar-refractivity contribution in [2.24, 2.45) is 0 Å². The van der Waals surface area contributed by atoms with E-state index >= 15 is 0 Å². The summed E-state index contributed by atoms with van der Waals surface area (Å²) >= 11 is 4.39. The highest BCUT2D eigenvalue weighted by molar-refractivity contribution is 7.80. The van der Waals surface area contributed by atoms with Gasteiger partial charge in [0.1, 0.15) is 5.75 Å². The second-order valence-electron chi connectivity index (χ2n) is 3.54. The van der Waals surface area contributed by atoms with E-state index in [-0.39, 0.29) is 0 Å². The van der Waals surface area contributed by atoms with Gasteiger partial charge in [-0.2, -0.15) is 0 Å². The van der Waals surface area contributed by atoms with Crippen LogP contribution in [0.2, 0.25) is 0 Å². The van der Waals surface area contributed by atoms with Crippen molar-refractivity contribution in [1.29, 1.82) is 0 Å². The SMILES string of the molecule is COc1cc(C)c(S)cc1C(C)C. The Morgan fingerprint density at radius 2 is 1.92 bits per heavy atom. The van der Waals surface area contributed by atoms with Crippen molar-refractivity contribution in [1.82, 2.24) is 0 Å². The third kappa shape index (κ3) is 2.19. The van der Waals surface area contributed by atoms with Gasteiger partial charge in [-0.15, -0.1) is 12.6 Å². The molecule has 0 spiro atoms. The summed E-state index contributed by atoms with van der Waals surface area (Å²) in [6.07, 6.45) is 0. The third-order valence-electron chi connectivity index (χ3n) is 2.17. The lowest BCUT2D eigenvalue weighted by atomic mass is 10.0. The lowest BCUT2D eigenvalue weighted by molar-refractivity contribution is 0.406. The zero-order valence-electron chi connectivity index (χ0n) is 8.59. The summed E-state index contributed by atoms with van der Waals surface area (Å²) < 4.78 is 5.31. The summed E-state index contributed by atoms with van der Waals surface area (Å²) in [6, 6.07) is 4.12. The lowest BCUT2D eigenvalue weighted by Crippen LogP contribution is -1.95. The Bertz CT molecular complexity index is 305. The first kappa shape index (κ1) is 10.5.